The van der Waals surface area contributed by atoms with E-state index in [1.165, 1.54) is 20.4 Å². The summed E-state index contributed by atoms with van der Waals surface area (Å²) in [5.74, 6) is -0.110. The zero-order valence-electron chi connectivity index (χ0n) is 14.9. The number of amides is 1. The molecule has 3 aromatic rings. The third kappa shape index (κ3) is 4.14. The summed E-state index contributed by atoms with van der Waals surface area (Å²) in [7, 11) is 3.03. The smallest absolute Gasteiger partial charge is 0.358 e. The number of fused-ring (bicyclic) bond motifs is 1. The summed E-state index contributed by atoms with van der Waals surface area (Å²) >= 11 is 0. The average molecular weight is 366 g/mol. The van der Waals surface area contributed by atoms with Gasteiger partial charge < -0.3 is 19.5 Å². The number of pyridine rings is 1. The molecule has 1 aromatic heterocycles. The molecule has 0 fully saturated rings. The number of hydrogen-bond acceptors (Lipinski definition) is 6. The fourth-order valence-corrected chi connectivity index (χ4v) is 2.59. The molecule has 0 atom stereocenters. The third-order valence-electron chi connectivity index (χ3n) is 3.87. The maximum Gasteiger partial charge on any atom is 0.358 e. The zero-order valence-corrected chi connectivity index (χ0v) is 14.9. The number of ether oxygens (including phenoxy) is 3. The monoisotopic (exact) mass is 366 g/mol. The van der Waals surface area contributed by atoms with Crippen molar-refractivity contribution in [2.75, 3.05) is 26.1 Å². The summed E-state index contributed by atoms with van der Waals surface area (Å²) in [5.41, 5.74) is 0.670. The largest absolute Gasteiger partial charge is 0.493 e. The van der Waals surface area contributed by atoms with Crippen LogP contribution in [0.25, 0.3) is 10.8 Å². The van der Waals surface area contributed by atoms with Crippen LogP contribution in [0.3, 0.4) is 0 Å². The topological polar surface area (TPSA) is 86.8 Å². The number of methoxy groups -OCH3 is 2. The minimum atomic E-state index is -0.658. The summed E-state index contributed by atoms with van der Waals surface area (Å²) < 4.78 is 15.4. The Kier molecular flexibility index (Phi) is 5.51. The van der Waals surface area contributed by atoms with Crippen LogP contribution in [0.1, 0.15) is 10.5 Å². The summed E-state index contributed by atoms with van der Waals surface area (Å²) in [6.45, 7) is -0.432. The van der Waals surface area contributed by atoms with Crippen LogP contribution in [0, 0.1) is 0 Å². The number of nitrogens with zero attached hydrogens (tertiary/aromatic N) is 1. The second kappa shape index (κ2) is 8.18. The van der Waals surface area contributed by atoms with Crippen molar-refractivity contribution in [2.45, 2.75) is 0 Å². The van der Waals surface area contributed by atoms with Gasteiger partial charge in [0.15, 0.2) is 23.8 Å². The van der Waals surface area contributed by atoms with Crippen molar-refractivity contribution >= 4 is 28.3 Å². The lowest BCUT2D eigenvalue weighted by molar-refractivity contribution is -0.119. The maximum atomic E-state index is 12.3. The van der Waals surface area contributed by atoms with E-state index in [1.54, 1.807) is 30.3 Å². The first kappa shape index (κ1) is 18.2. The molecule has 1 amide bonds. The van der Waals surface area contributed by atoms with E-state index in [1.807, 2.05) is 18.2 Å². The van der Waals surface area contributed by atoms with Gasteiger partial charge >= 0.3 is 5.97 Å². The van der Waals surface area contributed by atoms with Gasteiger partial charge in [-0.15, -0.1) is 0 Å². The van der Waals surface area contributed by atoms with Gasteiger partial charge in [0, 0.05) is 23.3 Å². The molecule has 0 saturated heterocycles. The molecule has 0 bridgehead atoms. The quantitative estimate of drug-likeness (QED) is 0.675. The molecule has 27 heavy (non-hydrogen) atoms. The second-order valence-corrected chi connectivity index (χ2v) is 5.57. The van der Waals surface area contributed by atoms with Gasteiger partial charge in [-0.25, -0.2) is 9.78 Å². The summed E-state index contributed by atoms with van der Waals surface area (Å²) in [5, 5.41) is 4.18. The number of nitrogens with one attached hydrogen (secondary N) is 1. The van der Waals surface area contributed by atoms with Crippen LogP contribution >= 0.6 is 0 Å². The van der Waals surface area contributed by atoms with Gasteiger partial charge in [-0.05, 0) is 23.6 Å². The summed E-state index contributed by atoms with van der Waals surface area (Å²) in [6.07, 6.45) is 1.53. The molecule has 0 aliphatic heterocycles. The lowest BCUT2D eigenvalue weighted by atomic mass is 10.1. The van der Waals surface area contributed by atoms with E-state index in [-0.39, 0.29) is 5.69 Å². The van der Waals surface area contributed by atoms with E-state index in [0.717, 1.165) is 5.39 Å². The average Bonchev–Trinajstić information content (AvgIpc) is 2.71. The van der Waals surface area contributed by atoms with Crippen molar-refractivity contribution in [1.29, 1.82) is 0 Å². The number of aromatic nitrogens is 1. The second-order valence-electron chi connectivity index (χ2n) is 5.57. The molecule has 7 nitrogen and oxygen atoms in total. The Labute approximate surface area is 155 Å². The van der Waals surface area contributed by atoms with Crippen molar-refractivity contribution < 1.29 is 23.8 Å². The Morgan fingerprint density at radius 3 is 2.56 bits per heavy atom. The molecule has 1 heterocycles. The zero-order chi connectivity index (χ0) is 19.2. The van der Waals surface area contributed by atoms with E-state index in [2.05, 4.69) is 10.3 Å². The minimum absolute atomic E-state index is 0.173. The number of rotatable bonds is 6. The number of esters is 1. The minimum Gasteiger partial charge on any atom is -0.493 e. The van der Waals surface area contributed by atoms with Gasteiger partial charge in [0.1, 0.15) is 0 Å². The molecular weight excluding hydrogens is 348 g/mol. The SMILES string of the molecule is COc1ccc(NC(=O)COC(=O)c2nccc3ccccc23)cc1OC. The van der Waals surface area contributed by atoms with E-state index in [9.17, 15) is 9.59 Å². The van der Waals surface area contributed by atoms with Crippen LogP contribution in [0.2, 0.25) is 0 Å². The lowest BCUT2D eigenvalue weighted by Crippen LogP contribution is -2.21. The fraction of sp³-hybridized carbons (Fsp3) is 0.150. The highest BCUT2D eigenvalue weighted by molar-refractivity contribution is 6.03. The first-order chi connectivity index (χ1) is 13.1. The van der Waals surface area contributed by atoms with Crippen molar-refractivity contribution in [3.63, 3.8) is 0 Å². The molecular formula is C20H18N2O5. The first-order valence-electron chi connectivity index (χ1n) is 8.15. The fourth-order valence-electron chi connectivity index (χ4n) is 2.59. The third-order valence-corrected chi connectivity index (χ3v) is 3.87. The van der Waals surface area contributed by atoms with Crippen LogP contribution in [0.5, 0.6) is 11.5 Å². The van der Waals surface area contributed by atoms with Gasteiger partial charge in [-0.1, -0.05) is 24.3 Å². The molecule has 0 aliphatic carbocycles. The van der Waals surface area contributed by atoms with E-state index in [0.29, 0.717) is 22.6 Å². The Bertz CT molecular complexity index is 982. The Morgan fingerprint density at radius 2 is 1.78 bits per heavy atom. The molecule has 1 N–H and O–H groups in total. The number of carbonyl (C=O) groups excluding carboxylic acids is 2. The number of carbonyl (C=O) groups is 2. The maximum absolute atomic E-state index is 12.3. The van der Waals surface area contributed by atoms with E-state index >= 15 is 0 Å². The van der Waals surface area contributed by atoms with Crippen LogP contribution in [0.15, 0.2) is 54.7 Å². The van der Waals surface area contributed by atoms with Gasteiger partial charge in [0.05, 0.1) is 14.2 Å². The molecule has 138 valence electrons. The Hall–Kier alpha value is -3.61. The predicted octanol–water partition coefficient (Wildman–Crippen LogP) is 3.05. The first-order valence-corrected chi connectivity index (χ1v) is 8.15. The number of anilines is 1. The van der Waals surface area contributed by atoms with Crippen molar-refractivity contribution in [2.24, 2.45) is 0 Å². The predicted molar refractivity (Wildman–Crippen MR) is 100 cm³/mol. The molecule has 0 spiro atoms. The summed E-state index contributed by atoms with van der Waals surface area (Å²) in [6, 6.07) is 14.1. The van der Waals surface area contributed by atoms with Gasteiger partial charge in [-0.3, -0.25) is 4.79 Å². The molecule has 0 aliphatic rings. The van der Waals surface area contributed by atoms with Crippen LogP contribution in [-0.2, 0) is 9.53 Å². The number of benzene rings is 2. The van der Waals surface area contributed by atoms with Crippen LogP contribution in [-0.4, -0.2) is 37.7 Å². The van der Waals surface area contributed by atoms with Crippen molar-refractivity contribution in [3.05, 3.63) is 60.4 Å². The highest BCUT2D eigenvalue weighted by Gasteiger charge is 2.15. The van der Waals surface area contributed by atoms with E-state index in [4.69, 9.17) is 14.2 Å². The lowest BCUT2D eigenvalue weighted by Gasteiger charge is -2.11. The Balaban J connectivity index is 1.64. The molecule has 3 rings (SSSR count). The normalized spacial score (nSPS) is 10.3. The molecule has 0 unspecified atom stereocenters. The molecule has 0 saturated carbocycles. The van der Waals surface area contributed by atoms with Gasteiger partial charge in [0.2, 0.25) is 0 Å². The standard InChI is InChI=1S/C20H18N2O5/c1-25-16-8-7-14(11-17(16)26-2)22-18(23)12-27-20(24)19-15-6-4-3-5-13(15)9-10-21-19/h3-11H,12H2,1-2H3,(H,22,23). The number of hydrogen-bond donors (Lipinski definition) is 1. The van der Waals surface area contributed by atoms with Gasteiger partial charge in [-0.2, -0.15) is 0 Å². The highest BCUT2D eigenvalue weighted by Crippen LogP contribution is 2.29. The van der Waals surface area contributed by atoms with Gasteiger partial charge in [0.25, 0.3) is 5.91 Å². The summed E-state index contributed by atoms with van der Waals surface area (Å²) in [4.78, 5) is 28.5. The molecule has 7 heteroatoms. The molecule has 2 aromatic carbocycles. The van der Waals surface area contributed by atoms with Crippen LogP contribution in [0.4, 0.5) is 5.69 Å². The Morgan fingerprint density at radius 1 is 1.00 bits per heavy atom. The molecule has 0 radical (unpaired) electrons. The van der Waals surface area contributed by atoms with E-state index < -0.39 is 18.5 Å². The van der Waals surface area contributed by atoms with Crippen molar-refractivity contribution in [3.8, 4) is 11.5 Å². The highest BCUT2D eigenvalue weighted by atomic mass is 16.5. The van der Waals surface area contributed by atoms with Crippen molar-refractivity contribution in [1.82, 2.24) is 4.98 Å². The van der Waals surface area contributed by atoms with Crippen LogP contribution < -0.4 is 14.8 Å².